The number of phenols is 1. The SMILES string of the molecule is CC(=O)c1c(C)cc2cc(C(=O)O)cc(O[C@@H]3O[C@H](CO)[C@]4(C[C@@H]5C6=C(CC=C6[C@]6(CCCO)COCC[C@H]6[C@H]5C)CO4)[C@H](O)[C@H]3O)c2c1O. The van der Waals surface area contributed by atoms with Gasteiger partial charge in [0, 0.05) is 18.6 Å². The summed E-state index contributed by atoms with van der Waals surface area (Å²) in [6.45, 7) is 6.01. The first-order valence-electron chi connectivity index (χ1n) is 17.5. The highest BCUT2D eigenvalue weighted by Gasteiger charge is 2.63. The highest BCUT2D eigenvalue weighted by Crippen LogP contribution is 2.63. The second kappa shape index (κ2) is 13.0. The van der Waals surface area contributed by atoms with E-state index in [-0.39, 0.29) is 70.5 Å². The fraction of sp³-hybridized carbons (Fsp3) is 0.579. The lowest BCUT2D eigenvalue weighted by Crippen LogP contribution is -2.69. The van der Waals surface area contributed by atoms with Crippen LogP contribution >= 0.6 is 0 Å². The third-order valence-corrected chi connectivity index (χ3v) is 12.2. The van der Waals surface area contributed by atoms with Crippen LogP contribution in [-0.4, -0.2) is 106 Å². The van der Waals surface area contributed by atoms with E-state index in [9.17, 15) is 40.2 Å². The fourth-order valence-electron chi connectivity index (χ4n) is 9.96. The van der Waals surface area contributed by atoms with Crippen LogP contribution in [0.5, 0.6) is 11.5 Å². The zero-order chi connectivity index (χ0) is 35.7. The van der Waals surface area contributed by atoms with Gasteiger partial charge in [-0.15, -0.1) is 0 Å². The first-order valence-corrected chi connectivity index (χ1v) is 17.5. The average Bonchev–Trinajstić information content (AvgIpc) is 3.44. The van der Waals surface area contributed by atoms with Gasteiger partial charge in [0.1, 0.15) is 35.4 Å². The second-order valence-corrected chi connectivity index (χ2v) is 14.8. The van der Waals surface area contributed by atoms with Gasteiger partial charge in [-0.1, -0.05) is 19.1 Å². The summed E-state index contributed by atoms with van der Waals surface area (Å²) in [4.78, 5) is 24.5. The van der Waals surface area contributed by atoms with E-state index in [0.29, 0.717) is 31.6 Å². The number of carbonyl (C=O) groups excluding carboxylic acids is 1. The molecule has 2 aromatic rings. The number of hydrogen-bond donors (Lipinski definition) is 6. The van der Waals surface area contributed by atoms with Gasteiger partial charge in [-0.2, -0.15) is 0 Å². The molecule has 2 aliphatic carbocycles. The maximum absolute atomic E-state index is 12.4. The summed E-state index contributed by atoms with van der Waals surface area (Å²) in [7, 11) is 0. The molecule has 1 saturated carbocycles. The van der Waals surface area contributed by atoms with E-state index in [1.807, 2.05) is 0 Å². The summed E-state index contributed by atoms with van der Waals surface area (Å²) in [5.41, 5.74) is 2.05. The molecule has 0 aromatic heterocycles. The van der Waals surface area contributed by atoms with Gasteiger partial charge in [-0.05, 0) is 104 Å². The van der Waals surface area contributed by atoms with E-state index in [1.165, 1.54) is 24.1 Å². The van der Waals surface area contributed by atoms with Crippen LogP contribution in [-0.2, 0) is 14.2 Å². The summed E-state index contributed by atoms with van der Waals surface area (Å²) in [5, 5.41) is 65.7. The Morgan fingerprint density at radius 3 is 2.62 bits per heavy atom. The molecule has 50 heavy (non-hydrogen) atoms. The monoisotopic (exact) mass is 694 g/mol. The Morgan fingerprint density at radius 1 is 1.14 bits per heavy atom. The Labute approximate surface area is 289 Å². The Morgan fingerprint density at radius 2 is 1.92 bits per heavy atom. The van der Waals surface area contributed by atoms with Crippen LogP contribution in [0.2, 0.25) is 0 Å². The van der Waals surface area contributed by atoms with Crippen molar-refractivity contribution in [1.29, 1.82) is 0 Å². The molecule has 6 N–H and O–H groups in total. The first kappa shape index (κ1) is 35.1. The van der Waals surface area contributed by atoms with Gasteiger partial charge in [-0.3, -0.25) is 4.79 Å². The number of aliphatic hydroxyl groups is 4. The third kappa shape index (κ3) is 5.22. The Hall–Kier alpha value is -3.36. The van der Waals surface area contributed by atoms with Crippen LogP contribution in [0.4, 0.5) is 0 Å². The van der Waals surface area contributed by atoms with Crippen LogP contribution in [0.3, 0.4) is 0 Å². The van der Waals surface area contributed by atoms with Crippen molar-refractivity contribution in [2.45, 2.75) is 83.1 Å². The van der Waals surface area contributed by atoms with E-state index in [2.05, 4.69) is 13.0 Å². The van der Waals surface area contributed by atoms with Gasteiger partial charge in [-0.25, -0.2) is 4.79 Å². The molecule has 2 aromatic carbocycles. The Balaban J connectivity index is 1.24. The minimum Gasteiger partial charge on any atom is -0.506 e. The predicted octanol–water partition coefficient (Wildman–Crippen LogP) is 3.42. The van der Waals surface area contributed by atoms with E-state index in [0.717, 1.165) is 24.5 Å². The molecule has 0 amide bonds. The summed E-state index contributed by atoms with van der Waals surface area (Å²) in [6.07, 6.45) is -0.568. The number of aromatic carboxylic acids is 1. The van der Waals surface area contributed by atoms with Gasteiger partial charge in [0.15, 0.2) is 5.78 Å². The topological polar surface area (TPSA) is 192 Å². The molecule has 3 aliphatic heterocycles. The smallest absolute Gasteiger partial charge is 0.335 e. The van der Waals surface area contributed by atoms with Crippen LogP contribution in [0.1, 0.15) is 72.2 Å². The van der Waals surface area contributed by atoms with Crippen molar-refractivity contribution >= 4 is 22.5 Å². The average molecular weight is 695 g/mol. The van der Waals surface area contributed by atoms with E-state index >= 15 is 0 Å². The molecule has 0 unspecified atom stereocenters. The summed E-state index contributed by atoms with van der Waals surface area (Å²) < 4.78 is 25.0. The van der Waals surface area contributed by atoms with Gasteiger partial charge in [0.2, 0.25) is 6.29 Å². The number of carbonyl (C=O) groups is 2. The van der Waals surface area contributed by atoms with Gasteiger partial charge >= 0.3 is 5.97 Å². The van der Waals surface area contributed by atoms with E-state index in [1.54, 1.807) is 13.0 Å². The summed E-state index contributed by atoms with van der Waals surface area (Å²) in [5.74, 6) is -1.97. The molecule has 0 radical (unpaired) electrons. The highest BCUT2D eigenvalue weighted by atomic mass is 16.7. The molecule has 7 rings (SSSR count). The minimum atomic E-state index is -1.71. The predicted molar refractivity (Wildman–Crippen MR) is 179 cm³/mol. The lowest BCUT2D eigenvalue weighted by molar-refractivity contribution is -0.325. The fourth-order valence-corrected chi connectivity index (χ4v) is 9.96. The van der Waals surface area contributed by atoms with Crippen LogP contribution in [0.25, 0.3) is 10.8 Å². The number of carboxylic acids is 1. The first-order chi connectivity index (χ1) is 23.9. The number of rotatable bonds is 8. The standard InChI is InChI=1S/C38H46O12/c1-18-11-22-12-23(35(45)46)13-27(31(22)32(42)29(18)20(3)41)49-36-33(43)34(44)38(28(15-40)50-36)14-24-19(2)25-7-10-47-17-37(25,8-4-9-39)26-6-5-21(16-48-38)30(24)26/h6,11-13,19,24-25,28,33-34,36,39-40,42-44H,4-5,7-10,14-17H2,1-3H3,(H,45,46)/t19-,24-,25-,28+,33+,34+,36+,37+,38+/m0/s1. The number of aryl methyl sites for hydroxylation is 1. The normalized spacial score (nSPS) is 35.0. The summed E-state index contributed by atoms with van der Waals surface area (Å²) in [6, 6.07) is 4.08. The highest BCUT2D eigenvalue weighted by molar-refractivity contribution is 6.08. The Bertz CT molecular complexity index is 1780. The molecule has 1 spiro atoms. The maximum Gasteiger partial charge on any atom is 0.335 e. The summed E-state index contributed by atoms with van der Waals surface area (Å²) >= 11 is 0. The molecule has 2 saturated heterocycles. The van der Waals surface area contributed by atoms with Crippen molar-refractivity contribution in [1.82, 2.24) is 0 Å². The quantitative estimate of drug-likeness (QED) is 0.221. The van der Waals surface area contributed by atoms with Crippen molar-refractivity contribution in [3.8, 4) is 11.5 Å². The van der Waals surface area contributed by atoms with Crippen molar-refractivity contribution in [2.24, 2.45) is 23.2 Å². The van der Waals surface area contributed by atoms with Crippen LogP contribution in [0.15, 0.2) is 41.0 Å². The number of fused-ring (bicyclic) bond motifs is 3. The van der Waals surface area contributed by atoms with E-state index < -0.39 is 54.3 Å². The van der Waals surface area contributed by atoms with Crippen molar-refractivity contribution in [3.63, 3.8) is 0 Å². The largest absolute Gasteiger partial charge is 0.506 e. The zero-order valence-corrected chi connectivity index (χ0v) is 28.6. The van der Waals surface area contributed by atoms with Crippen molar-refractivity contribution in [3.05, 3.63) is 57.7 Å². The van der Waals surface area contributed by atoms with Crippen LogP contribution in [0, 0.1) is 30.1 Å². The number of phenolic OH excluding ortho intramolecular Hbond substituents is 1. The zero-order valence-electron chi connectivity index (χ0n) is 28.6. The second-order valence-electron chi connectivity index (χ2n) is 14.8. The molecule has 3 fully saturated rings. The number of aromatic hydroxyl groups is 1. The molecule has 5 aliphatic rings. The number of hydrogen-bond acceptors (Lipinski definition) is 11. The number of carboxylic acid groups (broad SMARTS) is 1. The van der Waals surface area contributed by atoms with Gasteiger partial charge in [0.05, 0.1) is 36.3 Å². The third-order valence-electron chi connectivity index (χ3n) is 12.2. The number of aliphatic hydroxyl groups excluding tert-OH is 4. The lowest BCUT2D eigenvalue weighted by Gasteiger charge is -2.57. The molecule has 12 heteroatoms. The number of ether oxygens (including phenoxy) is 4. The Kier molecular flexibility index (Phi) is 9.12. The van der Waals surface area contributed by atoms with Crippen molar-refractivity contribution < 1.29 is 59.2 Å². The molecule has 9 atom stereocenters. The number of Topliss-reactive ketones (excluding diaryl/α,β-unsaturated/α-hetero) is 1. The number of benzene rings is 2. The molecular weight excluding hydrogens is 648 g/mol. The van der Waals surface area contributed by atoms with E-state index in [4.69, 9.17) is 18.9 Å². The van der Waals surface area contributed by atoms with Crippen molar-refractivity contribution in [2.75, 3.05) is 33.0 Å². The minimum absolute atomic E-state index is 0.0371. The molecular formula is C38H46O12. The number of ketones is 1. The molecule has 0 bridgehead atoms. The molecule has 12 nitrogen and oxygen atoms in total. The number of allylic oxidation sites excluding steroid dienone is 2. The molecule has 3 heterocycles. The van der Waals surface area contributed by atoms with Gasteiger partial charge in [0.25, 0.3) is 0 Å². The van der Waals surface area contributed by atoms with Gasteiger partial charge < -0.3 is 49.6 Å². The lowest BCUT2D eigenvalue weighted by atomic mass is 9.51. The maximum atomic E-state index is 12.4. The van der Waals surface area contributed by atoms with Crippen LogP contribution < -0.4 is 4.74 Å². The molecule has 270 valence electrons.